The van der Waals surface area contributed by atoms with Crippen molar-refractivity contribution in [2.75, 3.05) is 0 Å². The Labute approximate surface area is 192 Å². The highest BCUT2D eigenvalue weighted by Crippen LogP contribution is 2.28. The topological polar surface area (TPSA) is 29.1 Å². The molecule has 0 atom stereocenters. The van der Waals surface area contributed by atoms with E-state index in [0.29, 0.717) is 6.54 Å². The van der Waals surface area contributed by atoms with Gasteiger partial charge in [0.2, 0.25) is 5.91 Å². The van der Waals surface area contributed by atoms with Crippen molar-refractivity contribution in [3.63, 3.8) is 0 Å². The Balaban J connectivity index is 1.52. The number of carbonyl (C=O) groups is 1. The van der Waals surface area contributed by atoms with Gasteiger partial charge < -0.3 is 5.32 Å². The second kappa shape index (κ2) is 10.5. The summed E-state index contributed by atoms with van der Waals surface area (Å²) in [6, 6.07) is 28.3. The molecule has 1 amide bonds. The minimum Gasteiger partial charge on any atom is -0.352 e. The third kappa shape index (κ3) is 6.01. The van der Waals surface area contributed by atoms with Gasteiger partial charge in [-0.25, -0.2) is 8.78 Å². The van der Waals surface area contributed by atoms with Crippen molar-refractivity contribution in [3.05, 3.63) is 131 Å². The van der Waals surface area contributed by atoms with E-state index in [1.165, 1.54) is 24.3 Å². The van der Waals surface area contributed by atoms with Crippen molar-refractivity contribution in [1.29, 1.82) is 0 Å². The first kappa shape index (κ1) is 22.2. The Hall–Kier alpha value is -4.05. The van der Waals surface area contributed by atoms with Crippen LogP contribution in [0.2, 0.25) is 0 Å². The summed E-state index contributed by atoms with van der Waals surface area (Å²) in [5, 5.41) is 2.97. The third-order valence-electron chi connectivity index (χ3n) is 5.35. The van der Waals surface area contributed by atoms with Crippen molar-refractivity contribution >= 4 is 18.1 Å². The number of amides is 1. The van der Waals surface area contributed by atoms with E-state index in [-0.39, 0.29) is 24.0 Å². The van der Waals surface area contributed by atoms with Crippen LogP contribution in [0, 0.1) is 11.6 Å². The average molecular weight is 440 g/mol. The van der Waals surface area contributed by atoms with Crippen LogP contribution >= 0.6 is 0 Å². The average Bonchev–Trinajstić information content (AvgIpc) is 2.84. The van der Waals surface area contributed by atoms with Crippen LogP contribution in [-0.2, 0) is 17.8 Å². The Morgan fingerprint density at radius 3 is 2.03 bits per heavy atom. The number of benzene rings is 4. The molecule has 4 rings (SSSR count). The molecular weight excluding hydrogens is 416 g/mol. The molecule has 33 heavy (non-hydrogen) atoms. The van der Waals surface area contributed by atoms with Crippen LogP contribution in [0.15, 0.2) is 97.1 Å². The van der Waals surface area contributed by atoms with Gasteiger partial charge in [-0.3, -0.25) is 4.79 Å². The van der Waals surface area contributed by atoms with E-state index in [1.807, 2.05) is 60.7 Å². The van der Waals surface area contributed by atoms with Gasteiger partial charge in [-0.15, -0.1) is 0 Å². The van der Waals surface area contributed by atoms with Gasteiger partial charge in [0.15, 0.2) is 0 Å². The van der Waals surface area contributed by atoms with Crippen LogP contribution in [0.25, 0.3) is 23.3 Å². The van der Waals surface area contributed by atoms with Gasteiger partial charge in [-0.2, -0.15) is 0 Å². The van der Waals surface area contributed by atoms with E-state index in [2.05, 4.69) is 5.32 Å². The summed E-state index contributed by atoms with van der Waals surface area (Å²) in [5.41, 5.74) is 5.75. The van der Waals surface area contributed by atoms with Gasteiger partial charge in [-0.1, -0.05) is 84.9 Å². The molecule has 0 aliphatic heterocycles. The first-order chi connectivity index (χ1) is 16.1. The first-order valence-corrected chi connectivity index (χ1v) is 10.7. The Bertz CT molecular complexity index is 1260. The summed E-state index contributed by atoms with van der Waals surface area (Å²) in [5.74, 6) is -0.705. The number of rotatable bonds is 7. The van der Waals surface area contributed by atoms with E-state index in [9.17, 15) is 13.6 Å². The summed E-state index contributed by atoms with van der Waals surface area (Å²) in [7, 11) is 0. The lowest BCUT2D eigenvalue weighted by Gasteiger charge is -2.13. The maximum Gasteiger partial charge on any atom is 0.224 e. The quantitative estimate of drug-likeness (QED) is 0.321. The van der Waals surface area contributed by atoms with Crippen LogP contribution in [0.3, 0.4) is 0 Å². The number of nitrogens with one attached hydrogen (secondary N) is 1. The standard InChI is InChI=1S/C29H23F2NO/c30-25-15-10-21(11-16-25)9-14-23-5-1-3-7-27(23)28-8-4-2-6-24(28)20-32-29(33)19-22-12-17-26(31)18-13-22/h1-18H,19-20H2,(H,32,33). The molecule has 1 N–H and O–H groups in total. The molecule has 0 radical (unpaired) electrons. The largest absolute Gasteiger partial charge is 0.352 e. The highest BCUT2D eigenvalue weighted by molar-refractivity contribution is 5.83. The molecule has 164 valence electrons. The second-order valence-corrected chi connectivity index (χ2v) is 7.71. The van der Waals surface area contributed by atoms with Gasteiger partial charge in [0.05, 0.1) is 6.42 Å². The van der Waals surface area contributed by atoms with E-state index < -0.39 is 0 Å². The van der Waals surface area contributed by atoms with Gasteiger partial charge >= 0.3 is 0 Å². The van der Waals surface area contributed by atoms with E-state index in [4.69, 9.17) is 0 Å². The summed E-state index contributed by atoms with van der Waals surface area (Å²) in [4.78, 5) is 12.4. The lowest BCUT2D eigenvalue weighted by Crippen LogP contribution is -2.24. The van der Waals surface area contributed by atoms with E-state index in [0.717, 1.165) is 33.4 Å². The molecule has 0 heterocycles. The van der Waals surface area contributed by atoms with Crippen LogP contribution in [0.1, 0.15) is 22.3 Å². The van der Waals surface area contributed by atoms with Gasteiger partial charge in [-0.05, 0) is 57.6 Å². The second-order valence-electron chi connectivity index (χ2n) is 7.71. The van der Waals surface area contributed by atoms with Crippen LogP contribution < -0.4 is 5.32 Å². The lowest BCUT2D eigenvalue weighted by atomic mass is 9.94. The SMILES string of the molecule is O=C(Cc1ccc(F)cc1)NCc1ccccc1-c1ccccc1C=Cc1ccc(F)cc1. The van der Waals surface area contributed by atoms with Crippen LogP contribution in [-0.4, -0.2) is 5.91 Å². The zero-order chi connectivity index (χ0) is 23.0. The van der Waals surface area contributed by atoms with Crippen molar-refractivity contribution in [2.24, 2.45) is 0 Å². The summed E-state index contributed by atoms with van der Waals surface area (Å²) in [6.45, 7) is 0.381. The van der Waals surface area contributed by atoms with Gasteiger partial charge in [0, 0.05) is 6.54 Å². The summed E-state index contributed by atoms with van der Waals surface area (Å²) in [6.07, 6.45) is 4.15. The van der Waals surface area contributed by atoms with Crippen molar-refractivity contribution in [2.45, 2.75) is 13.0 Å². The zero-order valence-corrected chi connectivity index (χ0v) is 18.0. The highest BCUT2D eigenvalue weighted by atomic mass is 19.1. The van der Waals surface area contributed by atoms with Crippen LogP contribution in [0.4, 0.5) is 8.78 Å². The summed E-state index contributed by atoms with van der Waals surface area (Å²) < 4.78 is 26.3. The molecule has 2 nitrogen and oxygen atoms in total. The normalized spacial score (nSPS) is 11.0. The minimum absolute atomic E-state index is 0.124. The Kier molecular flexibility index (Phi) is 7.06. The zero-order valence-electron chi connectivity index (χ0n) is 18.0. The van der Waals surface area contributed by atoms with Crippen molar-refractivity contribution < 1.29 is 13.6 Å². The van der Waals surface area contributed by atoms with Gasteiger partial charge in [0.1, 0.15) is 11.6 Å². The molecule has 0 aromatic heterocycles. The molecule has 0 unspecified atom stereocenters. The molecule has 0 saturated carbocycles. The molecule has 0 aliphatic carbocycles. The number of carbonyl (C=O) groups excluding carboxylic acids is 1. The fourth-order valence-electron chi connectivity index (χ4n) is 3.63. The molecule has 0 fully saturated rings. The van der Waals surface area contributed by atoms with E-state index >= 15 is 0 Å². The maximum atomic E-state index is 13.2. The predicted octanol–water partition coefficient (Wildman–Crippen LogP) is 6.66. The molecule has 4 heteroatoms. The smallest absolute Gasteiger partial charge is 0.224 e. The van der Waals surface area contributed by atoms with Crippen molar-refractivity contribution in [1.82, 2.24) is 5.32 Å². The van der Waals surface area contributed by atoms with Crippen LogP contribution in [0.5, 0.6) is 0 Å². The summed E-state index contributed by atoms with van der Waals surface area (Å²) >= 11 is 0. The number of halogens is 2. The van der Waals surface area contributed by atoms with Gasteiger partial charge in [0.25, 0.3) is 0 Å². The molecule has 4 aromatic carbocycles. The lowest BCUT2D eigenvalue weighted by molar-refractivity contribution is -0.120. The fourth-order valence-corrected chi connectivity index (χ4v) is 3.63. The number of hydrogen-bond acceptors (Lipinski definition) is 1. The predicted molar refractivity (Wildman–Crippen MR) is 129 cm³/mol. The molecule has 0 bridgehead atoms. The molecule has 0 spiro atoms. The molecule has 4 aromatic rings. The molecule has 0 aliphatic rings. The molecular formula is C29H23F2NO. The number of hydrogen-bond donors (Lipinski definition) is 1. The van der Waals surface area contributed by atoms with E-state index in [1.54, 1.807) is 24.3 Å². The first-order valence-electron chi connectivity index (χ1n) is 10.7. The monoisotopic (exact) mass is 439 g/mol. The minimum atomic E-state index is -0.319. The van der Waals surface area contributed by atoms with Crippen molar-refractivity contribution in [3.8, 4) is 11.1 Å². The molecule has 0 saturated heterocycles. The Morgan fingerprint density at radius 2 is 1.30 bits per heavy atom. The third-order valence-corrected chi connectivity index (χ3v) is 5.35. The highest BCUT2D eigenvalue weighted by Gasteiger charge is 2.10. The maximum absolute atomic E-state index is 13.2. The Morgan fingerprint density at radius 1 is 0.697 bits per heavy atom. The fraction of sp³-hybridized carbons (Fsp3) is 0.0690.